The predicted octanol–water partition coefficient (Wildman–Crippen LogP) is 8.88. The number of amides is 1. The number of carbonyl (C=O) groups is 1. The van der Waals surface area contributed by atoms with E-state index in [4.69, 9.17) is 9.47 Å². The van der Waals surface area contributed by atoms with Gasteiger partial charge in [0.15, 0.2) is 0 Å². The highest BCUT2D eigenvalue weighted by Gasteiger charge is 2.20. The molecule has 1 aliphatic rings. The lowest BCUT2D eigenvalue weighted by molar-refractivity contribution is -0.112. The first-order valence-electron chi connectivity index (χ1n) is 16.0. The summed E-state index contributed by atoms with van der Waals surface area (Å²) in [5.41, 5.74) is 7.07. The first kappa shape index (κ1) is 32.3. The summed E-state index contributed by atoms with van der Waals surface area (Å²) in [6.07, 6.45) is 7.82. The summed E-state index contributed by atoms with van der Waals surface area (Å²) in [5, 5.41) is 3.13. The number of hydrogen-bond acceptors (Lipinski definition) is 6. The van der Waals surface area contributed by atoms with E-state index in [0.29, 0.717) is 19.6 Å². The maximum atomic E-state index is 13.5. The van der Waals surface area contributed by atoms with Crippen molar-refractivity contribution in [2.75, 3.05) is 43.1 Å². The molecule has 0 unspecified atom stereocenters. The predicted molar refractivity (Wildman–Crippen MR) is 187 cm³/mol. The standard InChI is InChI=1S/C38H43N3O3S/c1-3-5-23-43-24-25-44-35-14-9-29(10-15-35)30-11-18-37-32(26-30)27-31(19-22-41(37)21-4-2)38(42)40-33-12-16-36(17-13-33)45-28-34-8-6-7-20-39-34/h6-18,20,26-27H,3-5,19,21-25,28H2,1-2H3,(H,40,42). The smallest absolute Gasteiger partial charge is 0.251 e. The largest absolute Gasteiger partial charge is 0.491 e. The molecule has 2 heterocycles. The van der Waals surface area contributed by atoms with Crippen molar-refractivity contribution in [3.05, 3.63) is 108 Å². The molecule has 1 aliphatic heterocycles. The van der Waals surface area contributed by atoms with Crippen LogP contribution in [0.25, 0.3) is 17.2 Å². The van der Waals surface area contributed by atoms with E-state index in [1.807, 2.05) is 60.8 Å². The van der Waals surface area contributed by atoms with E-state index in [0.717, 1.165) is 89.0 Å². The Morgan fingerprint density at radius 2 is 1.73 bits per heavy atom. The lowest BCUT2D eigenvalue weighted by Gasteiger charge is -2.25. The Hall–Kier alpha value is -4.07. The Balaban J connectivity index is 1.25. The van der Waals surface area contributed by atoms with Gasteiger partial charge in [-0.25, -0.2) is 0 Å². The number of carbonyl (C=O) groups excluding carboxylic acids is 1. The van der Waals surface area contributed by atoms with Crippen molar-refractivity contribution in [1.29, 1.82) is 0 Å². The summed E-state index contributed by atoms with van der Waals surface area (Å²) in [4.78, 5) is 21.4. The number of anilines is 2. The number of ether oxygens (including phenoxy) is 2. The molecule has 0 spiro atoms. The molecule has 0 saturated carbocycles. The number of pyridine rings is 1. The van der Waals surface area contributed by atoms with Crippen molar-refractivity contribution in [3.63, 3.8) is 0 Å². The number of rotatable bonds is 15. The summed E-state index contributed by atoms with van der Waals surface area (Å²) in [6.45, 7) is 8.02. The fourth-order valence-electron chi connectivity index (χ4n) is 5.25. The van der Waals surface area contributed by atoms with Gasteiger partial charge in [-0.2, -0.15) is 0 Å². The quantitative estimate of drug-likeness (QED) is 0.106. The molecule has 45 heavy (non-hydrogen) atoms. The lowest BCUT2D eigenvalue weighted by Crippen LogP contribution is -2.26. The van der Waals surface area contributed by atoms with Crippen molar-refractivity contribution in [2.45, 2.75) is 50.2 Å². The molecule has 0 fully saturated rings. The summed E-state index contributed by atoms with van der Waals surface area (Å²) in [5.74, 6) is 1.58. The van der Waals surface area contributed by atoms with Crippen molar-refractivity contribution in [3.8, 4) is 16.9 Å². The van der Waals surface area contributed by atoms with Crippen molar-refractivity contribution < 1.29 is 14.3 Å². The van der Waals surface area contributed by atoms with Gasteiger partial charge in [0, 0.05) is 53.5 Å². The monoisotopic (exact) mass is 621 g/mol. The topological polar surface area (TPSA) is 63.7 Å². The molecule has 0 saturated heterocycles. The Kier molecular flexibility index (Phi) is 12.1. The van der Waals surface area contributed by atoms with E-state index < -0.39 is 0 Å². The van der Waals surface area contributed by atoms with Crippen LogP contribution in [0.4, 0.5) is 11.4 Å². The first-order valence-corrected chi connectivity index (χ1v) is 17.0. The third-order valence-electron chi connectivity index (χ3n) is 7.69. The van der Waals surface area contributed by atoms with Gasteiger partial charge in [0.2, 0.25) is 0 Å². The average Bonchev–Trinajstić information content (AvgIpc) is 3.26. The van der Waals surface area contributed by atoms with Gasteiger partial charge in [0.1, 0.15) is 12.4 Å². The van der Waals surface area contributed by atoms with Gasteiger partial charge in [-0.3, -0.25) is 9.78 Å². The third-order valence-corrected chi connectivity index (χ3v) is 8.73. The number of aromatic nitrogens is 1. The molecular formula is C38H43N3O3S. The molecule has 0 atom stereocenters. The second-order valence-electron chi connectivity index (χ2n) is 11.1. The first-order chi connectivity index (χ1) is 22.1. The van der Waals surface area contributed by atoms with Crippen molar-refractivity contribution in [1.82, 2.24) is 4.98 Å². The fourth-order valence-corrected chi connectivity index (χ4v) is 6.07. The highest BCUT2D eigenvalue weighted by atomic mass is 32.2. The number of nitrogens with one attached hydrogen (secondary N) is 1. The Morgan fingerprint density at radius 3 is 2.49 bits per heavy atom. The summed E-state index contributed by atoms with van der Waals surface area (Å²) in [7, 11) is 0. The van der Waals surface area contributed by atoms with Crippen molar-refractivity contribution in [2.24, 2.45) is 0 Å². The molecule has 0 aliphatic carbocycles. The van der Waals surface area contributed by atoms with Gasteiger partial charge in [-0.1, -0.05) is 44.5 Å². The van der Waals surface area contributed by atoms with Crippen LogP contribution < -0.4 is 15.0 Å². The van der Waals surface area contributed by atoms with Gasteiger partial charge in [0.05, 0.1) is 12.3 Å². The molecule has 7 heteroatoms. The summed E-state index contributed by atoms with van der Waals surface area (Å²) in [6, 6.07) is 28.8. The molecule has 234 valence electrons. The Morgan fingerprint density at radius 1 is 0.911 bits per heavy atom. The molecule has 1 amide bonds. The Labute approximate surface area is 271 Å². The highest BCUT2D eigenvalue weighted by molar-refractivity contribution is 7.98. The number of thioether (sulfide) groups is 1. The number of hydrogen-bond donors (Lipinski definition) is 1. The van der Waals surface area contributed by atoms with E-state index in [-0.39, 0.29) is 5.91 Å². The van der Waals surface area contributed by atoms with E-state index >= 15 is 0 Å². The van der Waals surface area contributed by atoms with Gasteiger partial charge in [-0.15, -0.1) is 11.8 Å². The molecule has 1 N–H and O–H groups in total. The number of benzene rings is 3. The van der Waals surface area contributed by atoms with Crippen LogP contribution in [0.5, 0.6) is 5.75 Å². The molecule has 6 nitrogen and oxygen atoms in total. The van der Waals surface area contributed by atoms with Gasteiger partial charge >= 0.3 is 0 Å². The molecular weight excluding hydrogens is 579 g/mol. The third kappa shape index (κ3) is 9.46. The maximum absolute atomic E-state index is 13.5. The number of nitrogens with zero attached hydrogens (tertiary/aromatic N) is 2. The second-order valence-corrected chi connectivity index (χ2v) is 12.2. The molecule has 0 radical (unpaired) electrons. The maximum Gasteiger partial charge on any atom is 0.251 e. The zero-order chi connectivity index (χ0) is 31.3. The van der Waals surface area contributed by atoms with Crippen LogP contribution in [0.2, 0.25) is 0 Å². The van der Waals surface area contributed by atoms with E-state index in [2.05, 4.69) is 65.5 Å². The lowest BCUT2D eigenvalue weighted by atomic mass is 10.00. The van der Waals surface area contributed by atoms with Crippen LogP contribution in [0.1, 0.15) is 50.8 Å². The van der Waals surface area contributed by atoms with Gasteiger partial charge < -0.3 is 19.7 Å². The fraction of sp³-hybridized carbons (Fsp3) is 0.316. The van der Waals surface area contributed by atoms with Crippen LogP contribution in [0.15, 0.2) is 102 Å². The molecule has 3 aromatic carbocycles. The van der Waals surface area contributed by atoms with E-state index in [1.165, 1.54) is 5.69 Å². The van der Waals surface area contributed by atoms with Crippen LogP contribution >= 0.6 is 11.8 Å². The van der Waals surface area contributed by atoms with E-state index in [1.54, 1.807) is 11.8 Å². The SMILES string of the molecule is CCCCOCCOc1ccc(-c2ccc3c(c2)C=C(C(=O)Nc2ccc(SCc4ccccn4)cc2)CCN3CCC)cc1. The number of fused-ring (bicyclic) bond motifs is 1. The highest BCUT2D eigenvalue weighted by Crippen LogP contribution is 2.33. The normalized spacial score (nSPS) is 12.7. The van der Waals surface area contributed by atoms with Crippen LogP contribution in [0.3, 0.4) is 0 Å². The van der Waals surface area contributed by atoms with Crippen molar-refractivity contribution >= 4 is 35.1 Å². The second kappa shape index (κ2) is 16.8. The van der Waals surface area contributed by atoms with Crippen LogP contribution in [-0.2, 0) is 15.3 Å². The molecule has 1 aromatic heterocycles. The Bertz CT molecular complexity index is 1540. The zero-order valence-corrected chi connectivity index (χ0v) is 27.2. The van der Waals surface area contributed by atoms with Crippen LogP contribution in [0, 0.1) is 0 Å². The molecule has 0 bridgehead atoms. The van der Waals surface area contributed by atoms with Crippen LogP contribution in [-0.4, -0.2) is 43.8 Å². The minimum absolute atomic E-state index is 0.0567. The minimum Gasteiger partial charge on any atom is -0.491 e. The number of unbranched alkanes of at least 4 members (excludes halogenated alkanes) is 1. The molecule has 4 aromatic rings. The van der Waals surface area contributed by atoms with Gasteiger partial charge in [-0.05, 0) is 103 Å². The van der Waals surface area contributed by atoms with E-state index in [9.17, 15) is 4.79 Å². The summed E-state index contributed by atoms with van der Waals surface area (Å²) >= 11 is 1.73. The molecule has 5 rings (SSSR count). The minimum atomic E-state index is -0.0567. The summed E-state index contributed by atoms with van der Waals surface area (Å²) < 4.78 is 11.5. The average molecular weight is 622 g/mol. The zero-order valence-electron chi connectivity index (χ0n) is 26.3. The van der Waals surface area contributed by atoms with Gasteiger partial charge in [0.25, 0.3) is 5.91 Å².